The van der Waals surface area contributed by atoms with Gasteiger partial charge in [0, 0.05) is 0 Å². The van der Waals surface area contributed by atoms with Gasteiger partial charge in [-0.1, -0.05) is 33.8 Å². The molecule has 0 aromatic carbocycles. The van der Waals surface area contributed by atoms with Crippen molar-refractivity contribution in [3.8, 4) is 0 Å². The summed E-state index contributed by atoms with van der Waals surface area (Å²) in [5, 5.41) is 3.98. The summed E-state index contributed by atoms with van der Waals surface area (Å²) in [4.78, 5) is 0. The lowest BCUT2D eigenvalue weighted by molar-refractivity contribution is 0.334. The zero-order chi connectivity index (χ0) is 14.7. The standard InChI is InChI=1S/C12H27BO3Si3/c1-7-10(4)17-14-13(15-18-11(5)8-2)16-19-12(6)9-3/h7-9H,17-19H2,1-6H3. The quantitative estimate of drug-likeness (QED) is 0.595. The van der Waals surface area contributed by atoms with Crippen molar-refractivity contribution in [1.82, 2.24) is 0 Å². The Morgan fingerprint density at radius 1 is 0.684 bits per heavy atom. The zero-order valence-corrected chi connectivity index (χ0v) is 17.4. The van der Waals surface area contributed by atoms with E-state index in [1.54, 1.807) is 0 Å². The Kier molecular flexibility index (Phi) is 11.5. The molecule has 19 heavy (non-hydrogen) atoms. The molecule has 0 atom stereocenters. The van der Waals surface area contributed by atoms with E-state index in [0.717, 1.165) is 0 Å². The average Bonchev–Trinajstić information content (AvgIpc) is 2.44. The molecule has 0 aromatic rings. The van der Waals surface area contributed by atoms with Gasteiger partial charge in [0.05, 0.1) is 0 Å². The molecule has 0 aliphatic heterocycles. The van der Waals surface area contributed by atoms with Gasteiger partial charge in [-0.15, -0.1) is 0 Å². The van der Waals surface area contributed by atoms with Crippen LogP contribution in [0.2, 0.25) is 0 Å². The van der Waals surface area contributed by atoms with Crippen molar-refractivity contribution >= 4 is 36.6 Å². The fourth-order valence-corrected chi connectivity index (χ4v) is 3.84. The molecule has 0 heterocycles. The molecule has 0 aromatic heterocycles. The molecule has 108 valence electrons. The third-order valence-corrected chi connectivity index (χ3v) is 6.73. The maximum absolute atomic E-state index is 5.83. The largest absolute Gasteiger partial charge is 0.606 e. The molecule has 7 heteroatoms. The lowest BCUT2D eigenvalue weighted by Gasteiger charge is -2.16. The van der Waals surface area contributed by atoms with Gasteiger partial charge >= 0.3 is 7.32 Å². The van der Waals surface area contributed by atoms with Crippen LogP contribution in [-0.2, 0) is 13.0 Å². The normalized spacial score (nSPS) is 15.8. The highest BCUT2D eigenvalue weighted by atomic mass is 28.2. The van der Waals surface area contributed by atoms with Gasteiger partial charge in [0.15, 0.2) is 29.3 Å². The van der Waals surface area contributed by atoms with Crippen molar-refractivity contribution in [2.24, 2.45) is 0 Å². The summed E-state index contributed by atoms with van der Waals surface area (Å²) >= 11 is 0. The highest BCUT2D eigenvalue weighted by Crippen LogP contribution is 2.00. The van der Waals surface area contributed by atoms with Crippen molar-refractivity contribution in [2.45, 2.75) is 41.5 Å². The first-order valence-corrected chi connectivity index (χ1v) is 10.6. The summed E-state index contributed by atoms with van der Waals surface area (Å²) in [6.45, 7) is 12.4. The topological polar surface area (TPSA) is 27.7 Å². The first-order valence-electron chi connectivity index (χ1n) is 6.73. The highest BCUT2D eigenvalue weighted by Gasteiger charge is 2.20. The van der Waals surface area contributed by atoms with Crippen molar-refractivity contribution in [3.63, 3.8) is 0 Å². The minimum Gasteiger partial charge on any atom is -0.431 e. The van der Waals surface area contributed by atoms with Crippen LogP contribution in [0.5, 0.6) is 0 Å². The van der Waals surface area contributed by atoms with E-state index in [-0.39, 0.29) is 0 Å². The molecule has 0 amide bonds. The minimum atomic E-state index is -0.697. The second-order valence-corrected chi connectivity index (χ2v) is 9.84. The van der Waals surface area contributed by atoms with Gasteiger partial charge < -0.3 is 13.0 Å². The molecule has 0 N–H and O–H groups in total. The Morgan fingerprint density at radius 2 is 0.947 bits per heavy atom. The molecule has 0 radical (unpaired) electrons. The Labute approximate surface area is 125 Å². The van der Waals surface area contributed by atoms with Crippen LogP contribution in [0.25, 0.3) is 0 Å². The molecule has 0 bridgehead atoms. The molecule has 0 saturated heterocycles. The Hall–Kier alpha value is -0.184. The SMILES string of the molecule is CC=C(C)[SiH2]OB(O[SiH2]C(C)=CC)O[SiH2]C(C)=CC. The van der Waals surface area contributed by atoms with Crippen LogP contribution in [0, 0.1) is 0 Å². The van der Waals surface area contributed by atoms with Crippen LogP contribution in [0.4, 0.5) is 0 Å². The first-order chi connectivity index (χ1) is 9.03. The molecule has 0 saturated carbocycles. The van der Waals surface area contributed by atoms with Gasteiger partial charge in [0.25, 0.3) is 0 Å². The first kappa shape index (κ1) is 18.8. The monoisotopic (exact) mass is 314 g/mol. The van der Waals surface area contributed by atoms with E-state index in [9.17, 15) is 0 Å². The molecule has 0 aliphatic carbocycles. The van der Waals surface area contributed by atoms with Gasteiger partial charge in [-0.2, -0.15) is 0 Å². The smallest absolute Gasteiger partial charge is 0.431 e. The lowest BCUT2D eigenvalue weighted by atomic mass is 10.3. The van der Waals surface area contributed by atoms with Crippen molar-refractivity contribution in [2.75, 3.05) is 0 Å². The van der Waals surface area contributed by atoms with Crippen LogP contribution in [0.1, 0.15) is 41.5 Å². The molecule has 0 rings (SSSR count). The van der Waals surface area contributed by atoms with Gasteiger partial charge in [0.1, 0.15) is 0 Å². The summed E-state index contributed by atoms with van der Waals surface area (Å²) in [5.41, 5.74) is 0. The van der Waals surface area contributed by atoms with Crippen LogP contribution in [0.15, 0.2) is 33.8 Å². The molecular weight excluding hydrogens is 287 g/mol. The summed E-state index contributed by atoms with van der Waals surface area (Å²) in [6, 6.07) is 0. The fourth-order valence-electron chi connectivity index (χ4n) is 0.993. The lowest BCUT2D eigenvalue weighted by Crippen LogP contribution is -2.32. The molecule has 0 aliphatic rings. The Morgan fingerprint density at radius 3 is 1.16 bits per heavy atom. The molecule has 0 spiro atoms. The third-order valence-electron chi connectivity index (χ3n) is 2.82. The maximum atomic E-state index is 5.83. The van der Waals surface area contributed by atoms with E-state index in [4.69, 9.17) is 13.0 Å². The number of allylic oxidation sites excluding steroid dienone is 6. The number of hydrogen-bond acceptors (Lipinski definition) is 3. The zero-order valence-electron chi connectivity index (χ0n) is 13.2. The van der Waals surface area contributed by atoms with Gasteiger partial charge in [0.2, 0.25) is 0 Å². The van der Waals surface area contributed by atoms with E-state index < -0.39 is 36.6 Å². The summed E-state index contributed by atoms with van der Waals surface area (Å²) in [7, 11) is -2.53. The van der Waals surface area contributed by atoms with E-state index in [1.807, 2.05) is 20.8 Å². The Balaban J connectivity index is 4.29. The minimum absolute atomic E-state index is 0.440. The highest BCUT2D eigenvalue weighted by molar-refractivity contribution is 6.62. The van der Waals surface area contributed by atoms with Crippen LogP contribution in [-0.4, -0.2) is 36.6 Å². The van der Waals surface area contributed by atoms with Crippen LogP contribution < -0.4 is 0 Å². The molecule has 0 unspecified atom stereocenters. The van der Waals surface area contributed by atoms with Gasteiger partial charge in [-0.25, -0.2) is 0 Å². The second kappa shape index (κ2) is 11.6. The fraction of sp³-hybridized carbons (Fsp3) is 0.500. The number of hydrogen-bond donors (Lipinski definition) is 0. The molecule has 0 fully saturated rings. The van der Waals surface area contributed by atoms with Crippen molar-refractivity contribution in [3.05, 3.63) is 33.8 Å². The van der Waals surface area contributed by atoms with E-state index in [2.05, 4.69) is 39.0 Å². The average molecular weight is 314 g/mol. The van der Waals surface area contributed by atoms with E-state index >= 15 is 0 Å². The van der Waals surface area contributed by atoms with Crippen LogP contribution >= 0.6 is 0 Å². The van der Waals surface area contributed by atoms with Crippen molar-refractivity contribution < 1.29 is 13.0 Å². The summed E-state index contributed by atoms with van der Waals surface area (Å²) in [6.07, 6.45) is 6.31. The predicted octanol–water partition coefficient (Wildman–Crippen LogP) is 1.04. The second-order valence-electron chi connectivity index (χ2n) is 4.63. The van der Waals surface area contributed by atoms with Gasteiger partial charge in [-0.05, 0) is 41.5 Å². The van der Waals surface area contributed by atoms with Crippen molar-refractivity contribution in [1.29, 1.82) is 0 Å². The number of rotatable bonds is 9. The van der Waals surface area contributed by atoms with Gasteiger partial charge in [-0.3, -0.25) is 0 Å². The van der Waals surface area contributed by atoms with Crippen LogP contribution in [0.3, 0.4) is 0 Å². The predicted molar refractivity (Wildman–Crippen MR) is 92.9 cm³/mol. The van der Waals surface area contributed by atoms with E-state index in [1.165, 1.54) is 15.6 Å². The Bertz CT molecular complexity index is 291. The summed E-state index contributed by atoms with van der Waals surface area (Å²) in [5.74, 6) is 0. The van der Waals surface area contributed by atoms with E-state index in [0.29, 0.717) is 0 Å². The molecule has 3 nitrogen and oxygen atoms in total. The third kappa shape index (κ3) is 10.3. The summed E-state index contributed by atoms with van der Waals surface area (Å²) < 4.78 is 17.5. The molecular formula is C12H27BO3Si3. The maximum Gasteiger partial charge on any atom is 0.606 e.